The molecule has 6 nitrogen and oxygen atoms in total. The second-order valence-electron chi connectivity index (χ2n) is 4.80. The molecule has 20 heavy (non-hydrogen) atoms. The molecule has 0 radical (unpaired) electrons. The Labute approximate surface area is 119 Å². The van der Waals surface area contributed by atoms with Gasteiger partial charge in [-0.3, -0.25) is 0 Å². The van der Waals surface area contributed by atoms with Crippen molar-refractivity contribution in [3.63, 3.8) is 0 Å². The first-order valence-corrected chi connectivity index (χ1v) is 6.92. The molecule has 1 aromatic rings. The summed E-state index contributed by atoms with van der Waals surface area (Å²) in [4.78, 5) is 19.8. The number of aliphatic hydroxyl groups excluding tert-OH is 1. The van der Waals surface area contributed by atoms with Crippen molar-refractivity contribution in [1.29, 1.82) is 0 Å². The van der Waals surface area contributed by atoms with Crippen LogP contribution in [0.2, 0.25) is 0 Å². The molecule has 2 rings (SSSR count). The van der Waals surface area contributed by atoms with E-state index in [-0.39, 0.29) is 6.09 Å². The van der Waals surface area contributed by atoms with Gasteiger partial charge in [-0.15, -0.1) is 0 Å². The summed E-state index contributed by atoms with van der Waals surface area (Å²) >= 11 is 0. The summed E-state index contributed by atoms with van der Waals surface area (Å²) in [6.07, 6.45) is 0.944. The van der Waals surface area contributed by atoms with Crippen molar-refractivity contribution in [2.45, 2.75) is 20.0 Å². The van der Waals surface area contributed by atoms with Crippen molar-refractivity contribution in [1.82, 2.24) is 9.88 Å². The molecule has 1 amide bonds. The lowest BCUT2D eigenvalue weighted by molar-refractivity contribution is 0.105. The summed E-state index contributed by atoms with van der Waals surface area (Å²) in [5, 5.41) is 9.46. The molecule has 110 valence electrons. The fourth-order valence-electron chi connectivity index (χ4n) is 2.16. The van der Waals surface area contributed by atoms with E-state index in [0.717, 1.165) is 24.5 Å². The van der Waals surface area contributed by atoms with Crippen molar-refractivity contribution in [3.8, 4) is 0 Å². The van der Waals surface area contributed by atoms with E-state index in [1.807, 2.05) is 19.1 Å². The molecule has 0 bridgehead atoms. The Kier molecular flexibility index (Phi) is 4.79. The van der Waals surface area contributed by atoms with E-state index in [1.54, 1.807) is 18.0 Å². The lowest BCUT2D eigenvalue weighted by Gasteiger charge is -2.34. The molecule has 2 heterocycles. The number of anilines is 1. The summed E-state index contributed by atoms with van der Waals surface area (Å²) in [6.45, 7) is 6.68. The fourth-order valence-corrected chi connectivity index (χ4v) is 2.16. The summed E-state index contributed by atoms with van der Waals surface area (Å²) in [5.41, 5.74) is 0.805. The maximum atomic E-state index is 11.6. The average Bonchev–Trinajstić information content (AvgIpc) is 2.48. The van der Waals surface area contributed by atoms with Gasteiger partial charge in [0.05, 0.1) is 12.7 Å². The van der Waals surface area contributed by atoms with Crippen LogP contribution in [-0.2, 0) is 4.74 Å². The Bertz CT molecular complexity index is 439. The number of nitrogens with zero attached hydrogens (tertiary/aromatic N) is 3. The number of hydrogen-bond donors (Lipinski definition) is 1. The molecule has 1 saturated heterocycles. The largest absolute Gasteiger partial charge is 0.450 e. The van der Waals surface area contributed by atoms with Gasteiger partial charge in [0.15, 0.2) is 0 Å². The van der Waals surface area contributed by atoms with E-state index in [4.69, 9.17) is 4.74 Å². The first kappa shape index (κ1) is 14.6. The topological polar surface area (TPSA) is 65.9 Å². The fraction of sp³-hybridized carbons (Fsp3) is 0.571. The number of aromatic nitrogens is 1. The summed E-state index contributed by atoms with van der Waals surface area (Å²) in [5.74, 6) is 0.873. The molecule has 1 unspecified atom stereocenters. The summed E-state index contributed by atoms with van der Waals surface area (Å²) in [7, 11) is 0. The van der Waals surface area contributed by atoms with Gasteiger partial charge in [-0.05, 0) is 25.5 Å². The summed E-state index contributed by atoms with van der Waals surface area (Å²) in [6, 6.07) is 3.78. The lowest BCUT2D eigenvalue weighted by Crippen LogP contribution is -2.49. The van der Waals surface area contributed by atoms with Gasteiger partial charge in [-0.25, -0.2) is 9.78 Å². The molecule has 1 aromatic heterocycles. The van der Waals surface area contributed by atoms with Gasteiger partial charge >= 0.3 is 6.09 Å². The minimum Gasteiger partial charge on any atom is -0.450 e. The SMILES string of the molecule is CCOC(=O)N1CCN(c2ccc(C(C)O)cn2)CC1. The lowest BCUT2D eigenvalue weighted by atomic mass is 10.2. The summed E-state index contributed by atoms with van der Waals surface area (Å²) < 4.78 is 4.99. The highest BCUT2D eigenvalue weighted by molar-refractivity contribution is 5.68. The zero-order chi connectivity index (χ0) is 14.5. The number of ether oxygens (including phenoxy) is 1. The van der Waals surface area contributed by atoms with Crippen LogP contribution >= 0.6 is 0 Å². The Morgan fingerprint density at radius 1 is 1.40 bits per heavy atom. The highest BCUT2D eigenvalue weighted by atomic mass is 16.6. The van der Waals surface area contributed by atoms with Crippen molar-refractivity contribution in [2.75, 3.05) is 37.7 Å². The molecule has 1 atom stereocenters. The molecule has 0 aliphatic carbocycles. The second-order valence-corrected chi connectivity index (χ2v) is 4.80. The Hall–Kier alpha value is -1.82. The number of aliphatic hydroxyl groups is 1. The van der Waals surface area contributed by atoms with Crippen LogP contribution in [0.5, 0.6) is 0 Å². The quantitative estimate of drug-likeness (QED) is 0.906. The van der Waals surface area contributed by atoms with Crippen LogP contribution in [0.4, 0.5) is 10.6 Å². The van der Waals surface area contributed by atoms with Crippen LogP contribution in [0.3, 0.4) is 0 Å². The molecule has 1 N–H and O–H groups in total. The Morgan fingerprint density at radius 3 is 2.60 bits per heavy atom. The minimum absolute atomic E-state index is 0.246. The van der Waals surface area contributed by atoms with Crippen LogP contribution in [0.15, 0.2) is 18.3 Å². The first-order valence-electron chi connectivity index (χ1n) is 6.92. The number of pyridine rings is 1. The van der Waals surface area contributed by atoms with Gasteiger partial charge in [0.2, 0.25) is 0 Å². The van der Waals surface area contributed by atoms with Gasteiger partial charge in [0, 0.05) is 32.4 Å². The van der Waals surface area contributed by atoms with Gasteiger partial charge in [-0.2, -0.15) is 0 Å². The van der Waals surface area contributed by atoms with Gasteiger partial charge < -0.3 is 19.6 Å². The molecule has 0 spiro atoms. The normalized spacial score (nSPS) is 16.9. The molecule has 1 aliphatic heterocycles. The third kappa shape index (κ3) is 3.39. The van der Waals surface area contributed by atoms with E-state index in [0.29, 0.717) is 19.7 Å². The molecule has 0 aromatic carbocycles. The number of hydrogen-bond acceptors (Lipinski definition) is 5. The van der Waals surface area contributed by atoms with Crippen molar-refractivity contribution in [3.05, 3.63) is 23.9 Å². The number of carbonyl (C=O) groups is 1. The van der Waals surface area contributed by atoms with E-state index in [2.05, 4.69) is 9.88 Å². The van der Waals surface area contributed by atoms with E-state index in [1.165, 1.54) is 0 Å². The van der Waals surface area contributed by atoms with E-state index < -0.39 is 6.10 Å². The average molecular weight is 279 g/mol. The van der Waals surface area contributed by atoms with E-state index >= 15 is 0 Å². The maximum Gasteiger partial charge on any atom is 0.409 e. The predicted molar refractivity (Wildman–Crippen MR) is 75.7 cm³/mol. The van der Waals surface area contributed by atoms with Crippen molar-refractivity contribution >= 4 is 11.9 Å². The monoisotopic (exact) mass is 279 g/mol. The first-order chi connectivity index (χ1) is 9.61. The Morgan fingerprint density at radius 2 is 2.10 bits per heavy atom. The van der Waals surface area contributed by atoms with Crippen LogP contribution in [0.25, 0.3) is 0 Å². The highest BCUT2D eigenvalue weighted by Gasteiger charge is 2.22. The predicted octanol–water partition coefficient (Wildman–Crippen LogP) is 1.41. The number of carbonyl (C=O) groups excluding carboxylic acids is 1. The second kappa shape index (κ2) is 6.56. The number of piperazine rings is 1. The number of rotatable bonds is 3. The zero-order valence-electron chi connectivity index (χ0n) is 12.0. The van der Waals surface area contributed by atoms with Crippen LogP contribution in [-0.4, -0.2) is 53.9 Å². The van der Waals surface area contributed by atoms with E-state index in [9.17, 15) is 9.90 Å². The maximum absolute atomic E-state index is 11.6. The smallest absolute Gasteiger partial charge is 0.409 e. The van der Waals surface area contributed by atoms with Crippen LogP contribution < -0.4 is 4.90 Å². The van der Waals surface area contributed by atoms with Crippen LogP contribution in [0, 0.1) is 0 Å². The molecule has 6 heteroatoms. The molecular weight excluding hydrogens is 258 g/mol. The minimum atomic E-state index is -0.503. The highest BCUT2D eigenvalue weighted by Crippen LogP contribution is 2.17. The van der Waals surface area contributed by atoms with Crippen molar-refractivity contribution in [2.24, 2.45) is 0 Å². The zero-order valence-corrected chi connectivity index (χ0v) is 12.0. The Balaban J connectivity index is 1.91. The third-order valence-corrected chi connectivity index (χ3v) is 3.38. The van der Waals surface area contributed by atoms with Gasteiger partial charge in [0.25, 0.3) is 0 Å². The third-order valence-electron chi connectivity index (χ3n) is 3.38. The van der Waals surface area contributed by atoms with Gasteiger partial charge in [-0.1, -0.05) is 6.07 Å². The van der Waals surface area contributed by atoms with Crippen molar-refractivity contribution < 1.29 is 14.6 Å². The molecule has 1 aliphatic rings. The molecule has 1 fully saturated rings. The molecule has 0 saturated carbocycles. The van der Waals surface area contributed by atoms with Crippen LogP contribution in [0.1, 0.15) is 25.5 Å². The molecular formula is C14H21N3O3. The van der Waals surface area contributed by atoms with Gasteiger partial charge in [0.1, 0.15) is 5.82 Å². The standard InChI is InChI=1S/C14H21N3O3/c1-3-20-14(19)17-8-6-16(7-9-17)13-5-4-12(10-15-13)11(2)18/h4-5,10-11,18H,3,6-9H2,1-2H3. The number of amides is 1.